The Hall–Kier alpha value is -2.61. The fraction of sp³-hybridized carbons (Fsp3) is 0.333. The molecule has 3 rings (SSSR count). The van der Waals surface area contributed by atoms with Crippen LogP contribution in [0.5, 0.6) is 5.75 Å². The van der Waals surface area contributed by atoms with Gasteiger partial charge < -0.3 is 13.7 Å². The van der Waals surface area contributed by atoms with Gasteiger partial charge >= 0.3 is 0 Å². The first kappa shape index (κ1) is 18.2. The number of nitrogens with zero attached hydrogens (tertiary/aromatic N) is 2. The molecule has 3 aromatic rings. The van der Waals surface area contributed by atoms with Gasteiger partial charge in [0.15, 0.2) is 15.7 Å². The van der Waals surface area contributed by atoms with Gasteiger partial charge in [-0.3, -0.25) is 4.79 Å². The lowest BCUT2D eigenvalue weighted by Gasteiger charge is -2.13. The number of aryl methyl sites for hydroxylation is 2. The lowest BCUT2D eigenvalue weighted by molar-refractivity contribution is 0.318. The monoisotopic (exact) mass is 376 g/mol. The average molecular weight is 376 g/mol. The van der Waals surface area contributed by atoms with Gasteiger partial charge in [0.05, 0.1) is 11.5 Å². The van der Waals surface area contributed by atoms with E-state index in [1.165, 1.54) is 10.6 Å². The molecule has 0 saturated heterocycles. The predicted octanol–water partition coefficient (Wildman–Crippen LogP) is 2.69. The SMILES string of the molecule is CCCOc1ccc(S(C)(=O)=O)cc1-c1cn(C)c(=O)c2oc(C)nc12. The second kappa shape index (κ2) is 6.60. The van der Waals surface area contributed by atoms with E-state index in [0.717, 1.165) is 12.7 Å². The van der Waals surface area contributed by atoms with Crippen molar-refractivity contribution in [1.82, 2.24) is 9.55 Å². The number of fused-ring (bicyclic) bond motifs is 1. The standard InChI is InChI=1S/C18H20N2O5S/c1-5-8-24-15-7-6-12(26(4,22)23)9-13(15)14-10-20(3)18(21)17-16(14)19-11(2)25-17/h6-7,9-10H,5,8H2,1-4H3. The van der Waals surface area contributed by atoms with Crippen molar-refractivity contribution in [3.8, 4) is 16.9 Å². The lowest BCUT2D eigenvalue weighted by Crippen LogP contribution is -2.16. The topological polar surface area (TPSA) is 91.4 Å². The smallest absolute Gasteiger partial charge is 0.295 e. The van der Waals surface area contributed by atoms with Crippen LogP contribution in [0, 0.1) is 6.92 Å². The Bertz CT molecular complexity index is 1140. The van der Waals surface area contributed by atoms with E-state index in [4.69, 9.17) is 9.15 Å². The minimum Gasteiger partial charge on any atom is -0.493 e. The summed E-state index contributed by atoms with van der Waals surface area (Å²) in [5.74, 6) is 0.889. The third-order valence-corrected chi connectivity index (χ3v) is 5.07. The van der Waals surface area contributed by atoms with Crippen LogP contribution < -0.4 is 10.3 Å². The van der Waals surface area contributed by atoms with Crippen molar-refractivity contribution >= 4 is 20.9 Å². The minimum atomic E-state index is -3.40. The van der Waals surface area contributed by atoms with E-state index in [1.54, 1.807) is 32.3 Å². The molecule has 0 fully saturated rings. The van der Waals surface area contributed by atoms with Crippen LogP contribution in [0.1, 0.15) is 19.2 Å². The highest BCUT2D eigenvalue weighted by atomic mass is 32.2. The maximum absolute atomic E-state index is 12.3. The van der Waals surface area contributed by atoms with Crippen LogP contribution in [0.2, 0.25) is 0 Å². The van der Waals surface area contributed by atoms with Gasteiger partial charge in [-0.2, -0.15) is 0 Å². The summed E-state index contributed by atoms with van der Waals surface area (Å²) >= 11 is 0. The number of oxazole rings is 1. The van der Waals surface area contributed by atoms with Crippen LogP contribution in [0.25, 0.3) is 22.2 Å². The Labute approximate surface area is 151 Å². The minimum absolute atomic E-state index is 0.133. The molecule has 0 saturated carbocycles. The van der Waals surface area contributed by atoms with Gasteiger partial charge in [-0.1, -0.05) is 6.92 Å². The van der Waals surface area contributed by atoms with Crippen molar-refractivity contribution in [1.29, 1.82) is 0 Å². The summed E-state index contributed by atoms with van der Waals surface area (Å²) in [6, 6.07) is 4.69. The molecule has 0 unspecified atom stereocenters. The molecule has 0 bridgehead atoms. The Balaban J connectivity index is 2.36. The van der Waals surface area contributed by atoms with Gasteiger partial charge in [0.25, 0.3) is 5.56 Å². The summed E-state index contributed by atoms with van der Waals surface area (Å²) in [7, 11) is -1.80. The normalized spacial score (nSPS) is 11.8. The molecule has 8 heteroatoms. The van der Waals surface area contributed by atoms with Crippen LogP contribution in [-0.2, 0) is 16.9 Å². The van der Waals surface area contributed by atoms with Crippen molar-refractivity contribution in [3.05, 3.63) is 40.6 Å². The maximum Gasteiger partial charge on any atom is 0.295 e. The first-order valence-electron chi connectivity index (χ1n) is 8.16. The number of ether oxygens (including phenoxy) is 1. The number of aromatic nitrogens is 2. The fourth-order valence-electron chi connectivity index (χ4n) is 2.71. The van der Waals surface area contributed by atoms with E-state index in [2.05, 4.69) is 4.98 Å². The second-order valence-corrected chi connectivity index (χ2v) is 8.16. The highest BCUT2D eigenvalue weighted by Gasteiger charge is 2.20. The highest BCUT2D eigenvalue weighted by molar-refractivity contribution is 7.90. The number of benzene rings is 1. The molecule has 2 heterocycles. The van der Waals surface area contributed by atoms with Crippen LogP contribution in [0.3, 0.4) is 0 Å². The molecule has 0 spiro atoms. The Kier molecular flexibility index (Phi) is 4.62. The van der Waals surface area contributed by atoms with Crippen molar-refractivity contribution in [2.45, 2.75) is 25.2 Å². The van der Waals surface area contributed by atoms with Gasteiger partial charge in [0.2, 0.25) is 5.58 Å². The average Bonchev–Trinajstić information content (AvgIpc) is 2.97. The molecule has 1 aromatic carbocycles. The molecule has 0 aliphatic rings. The highest BCUT2D eigenvalue weighted by Crippen LogP contribution is 2.35. The number of pyridine rings is 1. The first-order valence-corrected chi connectivity index (χ1v) is 10.1. The molecule has 0 aliphatic heterocycles. The number of sulfone groups is 1. The molecule has 26 heavy (non-hydrogen) atoms. The molecular weight excluding hydrogens is 356 g/mol. The zero-order valence-electron chi connectivity index (χ0n) is 15.1. The lowest BCUT2D eigenvalue weighted by atomic mass is 10.1. The van der Waals surface area contributed by atoms with Gasteiger partial charge in [-0.15, -0.1) is 0 Å². The molecule has 138 valence electrons. The Morgan fingerprint density at radius 1 is 1.27 bits per heavy atom. The van der Waals surface area contributed by atoms with Gasteiger partial charge in [0, 0.05) is 37.6 Å². The Morgan fingerprint density at radius 2 is 2.00 bits per heavy atom. The summed E-state index contributed by atoms with van der Waals surface area (Å²) in [5, 5.41) is 0. The van der Waals surface area contributed by atoms with Gasteiger partial charge in [-0.05, 0) is 24.6 Å². The van der Waals surface area contributed by atoms with Gasteiger partial charge in [-0.25, -0.2) is 13.4 Å². The van der Waals surface area contributed by atoms with E-state index in [9.17, 15) is 13.2 Å². The zero-order chi connectivity index (χ0) is 19.1. The Morgan fingerprint density at radius 3 is 2.65 bits per heavy atom. The van der Waals surface area contributed by atoms with Crippen molar-refractivity contribution in [3.63, 3.8) is 0 Å². The molecule has 7 nitrogen and oxygen atoms in total. The molecule has 0 N–H and O–H groups in total. The van der Waals surface area contributed by atoms with Crippen LogP contribution in [0.4, 0.5) is 0 Å². The summed E-state index contributed by atoms with van der Waals surface area (Å²) in [5.41, 5.74) is 1.34. The third kappa shape index (κ3) is 3.24. The quantitative estimate of drug-likeness (QED) is 0.680. The van der Waals surface area contributed by atoms with Crippen LogP contribution in [0.15, 0.2) is 38.5 Å². The molecule has 0 radical (unpaired) electrons. The molecule has 2 aromatic heterocycles. The maximum atomic E-state index is 12.3. The van der Waals surface area contributed by atoms with Gasteiger partial charge in [0.1, 0.15) is 11.3 Å². The van der Waals surface area contributed by atoms with E-state index in [-0.39, 0.29) is 16.0 Å². The van der Waals surface area contributed by atoms with Crippen LogP contribution in [-0.4, -0.2) is 30.8 Å². The van der Waals surface area contributed by atoms with E-state index in [0.29, 0.717) is 34.9 Å². The largest absolute Gasteiger partial charge is 0.493 e. The fourth-order valence-corrected chi connectivity index (χ4v) is 3.36. The second-order valence-electron chi connectivity index (χ2n) is 6.15. The zero-order valence-corrected chi connectivity index (χ0v) is 15.9. The van der Waals surface area contributed by atoms with Crippen molar-refractivity contribution < 1.29 is 17.6 Å². The predicted molar refractivity (Wildman–Crippen MR) is 98.3 cm³/mol. The molecule has 0 aliphatic carbocycles. The molecule has 0 atom stereocenters. The van der Waals surface area contributed by atoms with E-state index in [1.807, 2.05) is 6.92 Å². The summed E-state index contributed by atoms with van der Waals surface area (Å²) in [6.45, 7) is 4.12. The summed E-state index contributed by atoms with van der Waals surface area (Å²) < 4.78 is 36.6. The summed E-state index contributed by atoms with van der Waals surface area (Å²) in [4.78, 5) is 16.8. The van der Waals surface area contributed by atoms with Crippen molar-refractivity contribution in [2.75, 3.05) is 12.9 Å². The van der Waals surface area contributed by atoms with E-state index >= 15 is 0 Å². The first-order chi connectivity index (χ1) is 12.2. The van der Waals surface area contributed by atoms with Crippen molar-refractivity contribution in [2.24, 2.45) is 7.05 Å². The third-order valence-electron chi connectivity index (χ3n) is 3.96. The summed E-state index contributed by atoms with van der Waals surface area (Å²) in [6.07, 6.45) is 3.57. The molecule has 0 amide bonds. The number of hydrogen-bond donors (Lipinski definition) is 0. The number of hydrogen-bond acceptors (Lipinski definition) is 6. The number of rotatable bonds is 5. The van der Waals surface area contributed by atoms with Crippen LogP contribution >= 0.6 is 0 Å². The molecular formula is C18H20N2O5S. The van der Waals surface area contributed by atoms with E-state index < -0.39 is 9.84 Å².